The Hall–Kier alpha value is -0.610. The molecule has 0 fully saturated rings. The number of nitrogens with one attached hydrogen (secondary N) is 1. The second kappa shape index (κ2) is 4.55. The minimum absolute atomic E-state index is 0.201. The van der Waals surface area contributed by atoms with Crippen LogP contribution in [0.2, 0.25) is 0 Å². The van der Waals surface area contributed by atoms with Crippen LogP contribution in [0.1, 0.15) is 6.42 Å². The first-order valence-corrected chi connectivity index (χ1v) is 2.30. The molecule has 0 aliphatic heterocycles. The number of hydrogen-bond acceptors (Lipinski definition) is 4. The molecule has 0 saturated heterocycles. The summed E-state index contributed by atoms with van der Waals surface area (Å²) in [6, 6.07) is 0. The van der Waals surface area contributed by atoms with Crippen LogP contribution in [0.4, 0.5) is 0 Å². The first kappa shape index (κ1) is 7.39. The molecule has 0 aliphatic carbocycles. The van der Waals surface area contributed by atoms with Crippen molar-refractivity contribution in [1.82, 2.24) is 5.32 Å². The van der Waals surface area contributed by atoms with E-state index in [0.717, 1.165) is 0 Å². The Bertz CT molecular complexity index is 73.7. The highest BCUT2D eigenvalue weighted by atomic mass is 17.1. The van der Waals surface area contributed by atoms with Crippen molar-refractivity contribution in [3.05, 3.63) is 0 Å². The summed E-state index contributed by atoms with van der Waals surface area (Å²) >= 11 is 0. The highest BCUT2D eigenvalue weighted by Crippen LogP contribution is 1.78. The topological polar surface area (TPSA) is 58.6 Å². The quantitative estimate of drug-likeness (QED) is 0.392. The fraction of sp³-hybridized carbons (Fsp3) is 0.750. The van der Waals surface area contributed by atoms with Gasteiger partial charge in [-0.05, 0) is 7.05 Å². The minimum atomic E-state index is -0.612. The summed E-state index contributed by atoms with van der Waals surface area (Å²) in [4.78, 5) is 13.4. The molecule has 0 aromatic heterocycles. The zero-order valence-electron chi connectivity index (χ0n) is 4.68. The molecule has 4 heteroatoms. The third-order valence-corrected chi connectivity index (χ3v) is 0.681. The third kappa shape index (κ3) is 3.58. The molecule has 0 rings (SSSR count). The fourth-order valence-electron chi connectivity index (χ4n) is 0.273. The van der Waals surface area contributed by atoms with Gasteiger partial charge in [-0.3, -0.25) is 0 Å². The highest BCUT2D eigenvalue weighted by molar-refractivity contribution is 5.68. The normalized spacial score (nSPS) is 8.75. The van der Waals surface area contributed by atoms with Gasteiger partial charge in [-0.25, -0.2) is 4.79 Å². The van der Waals surface area contributed by atoms with Gasteiger partial charge in [0.15, 0.2) is 0 Å². The standard InChI is InChI=1S/C4H9NO3/c1-5-3-2-4(6)8-7/h5,7H,2-3H2,1H3. The molecule has 0 aromatic rings. The monoisotopic (exact) mass is 119 g/mol. The van der Waals surface area contributed by atoms with Crippen LogP contribution >= 0.6 is 0 Å². The van der Waals surface area contributed by atoms with Crippen molar-refractivity contribution in [3.63, 3.8) is 0 Å². The zero-order valence-corrected chi connectivity index (χ0v) is 4.68. The summed E-state index contributed by atoms with van der Waals surface area (Å²) in [5, 5.41) is 10.4. The fourth-order valence-corrected chi connectivity index (χ4v) is 0.273. The maximum atomic E-state index is 10.1. The van der Waals surface area contributed by atoms with Crippen molar-refractivity contribution in [2.45, 2.75) is 6.42 Å². The molecule has 0 amide bonds. The van der Waals surface area contributed by atoms with E-state index in [1.165, 1.54) is 0 Å². The van der Waals surface area contributed by atoms with Crippen LogP contribution in [0, 0.1) is 0 Å². The van der Waals surface area contributed by atoms with Crippen LogP contribution in [0.5, 0.6) is 0 Å². The van der Waals surface area contributed by atoms with E-state index in [9.17, 15) is 4.79 Å². The van der Waals surface area contributed by atoms with Gasteiger partial charge < -0.3 is 10.2 Å². The molecule has 0 unspecified atom stereocenters. The molecular formula is C4H9NO3. The van der Waals surface area contributed by atoms with E-state index in [0.29, 0.717) is 6.54 Å². The largest absolute Gasteiger partial charge is 0.343 e. The Kier molecular flexibility index (Phi) is 4.20. The molecule has 0 spiro atoms. The summed E-state index contributed by atoms with van der Waals surface area (Å²) in [6.45, 7) is 0.527. The van der Waals surface area contributed by atoms with Crippen LogP contribution < -0.4 is 5.32 Å². The lowest BCUT2D eigenvalue weighted by Crippen LogP contribution is -2.13. The molecule has 0 heterocycles. The molecule has 0 aromatic carbocycles. The van der Waals surface area contributed by atoms with Gasteiger partial charge in [-0.1, -0.05) is 0 Å². The number of hydrogen-bond donors (Lipinski definition) is 2. The van der Waals surface area contributed by atoms with Gasteiger partial charge in [0, 0.05) is 6.54 Å². The Morgan fingerprint density at radius 2 is 2.50 bits per heavy atom. The first-order valence-electron chi connectivity index (χ1n) is 2.30. The average Bonchev–Trinajstić information content (AvgIpc) is 1.83. The van der Waals surface area contributed by atoms with Gasteiger partial charge in [-0.15, -0.1) is 0 Å². The molecule has 2 N–H and O–H groups in total. The van der Waals surface area contributed by atoms with Crippen molar-refractivity contribution < 1.29 is 14.9 Å². The Labute approximate surface area is 47.4 Å². The lowest BCUT2D eigenvalue weighted by atomic mass is 10.4. The van der Waals surface area contributed by atoms with E-state index in [1.54, 1.807) is 7.05 Å². The van der Waals surface area contributed by atoms with E-state index in [4.69, 9.17) is 5.26 Å². The zero-order chi connectivity index (χ0) is 6.41. The summed E-state index contributed by atoms with van der Waals surface area (Å²) in [5.74, 6) is -0.612. The van der Waals surface area contributed by atoms with Crippen LogP contribution in [0.3, 0.4) is 0 Å². The third-order valence-electron chi connectivity index (χ3n) is 0.681. The van der Waals surface area contributed by atoms with Gasteiger partial charge in [0.1, 0.15) is 0 Å². The lowest BCUT2D eigenvalue weighted by Gasteiger charge is -1.92. The van der Waals surface area contributed by atoms with Gasteiger partial charge in [0.25, 0.3) is 0 Å². The molecule has 0 saturated carbocycles. The van der Waals surface area contributed by atoms with E-state index < -0.39 is 5.97 Å². The van der Waals surface area contributed by atoms with Crippen LogP contribution in [-0.4, -0.2) is 24.8 Å². The van der Waals surface area contributed by atoms with Gasteiger partial charge in [0.2, 0.25) is 0 Å². The minimum Gasteiger partial charge on any atom is -0.319 e. The van der Waals surface area contributed by atoms with Gasteiger partial charge in [-0.2, -0.15) is 5.26 Å². The summed E-state index contributed by atoms with van der Waals surface area (Å²) in [5.41, 5.74) is 0. The van der Waals surface area contributed by atoms with Crippen LogP contribution in [-0.2, 0) is 9.68 Å². The SMILES string of the molecule is CNCCC(=O)OO. The molecule has 0 bridgehead atoms. The maximum Gasteiger partial charge on any atom is 0.343 e. The summed E-state index contributed by atoms with van der Waals surface area (Å²) in [7, 11) is 1.71. The maximum absolute atomic E-state index is 10.1. The van der Waals surface area contributed by atoms with Crippen molar-refractivity contribution >= 4 is 5.97 Å². The average molecular weight is 119 g/mol. The predicted octanol–water partition coefficient (Wildman–Crippen LogP) is -0.388. The number of carbonyl (C=O) groups excluding carboxylic acids is 1. The van der Waals surface area contributed by atoms with Crippen LogP contribution in [0.25, 0.3) is 0 Å². The van der Waals surface area contributed by atoms with Gasteiger partial charge >= 0.3 is 5.97 Å². The molecular weight excluding hydrogens is 110 g/mol. The Morgan fingerprint density at radius 3 is 2.88 bits per heavy atom. The highest BCUT2D eigenvalue weighted by Gasteiger charge is 1.97. The van der Waals surface area contributed by atoms with E-state index in [-0.39, 0.29) is 6.42 Å². The molecule has 4 nitrogen and oxygen atoms in total. The Balaban J connectivity index is 2.99. The second-order valence-electron chi connectivity index (χ2n) is 1.32. The van der Waals surface area contributed by atoms with Gasteiger partial charge in [0.05, 0.1) is 6.42 Å². The Morgan fingerprint density at radius 1 is 1.88 bits per heavy atom. The number of rotatable bonds is 3. The first-order chi connectivity index (χ1) is 3.81. The lowest BCUT2D eigenvalue weighted by molar-refractivity contribution is -0.234. The summed E-state index contributed by atoms with van der Waals surface area (Å²) in [6.07, 6.45) is 0.201. The van der Waals surface area contributed by atoms with E-state index in [2.05, 4.69) is 10.2 Å². The second-order valence-corrected chi connectivity index (χ2v) is 1.32. The van der Waals surface area contributed by atoms with Crippen LogP contribution in [0.15, 0.2) is 0 Å². The number of carbonyl (C=O) groups is 1. The van der Waals surface area contributed by atoms with Crippen molar-refractivity contribution in [2.75, 3.05) is 13.6 Å². The summed E-state index contributed by atoms with van der Waals surface area (Å²) < 4.78 is 0. The van der Waals surface area contributed by atoms with Crippen molar-refractivity contribution in [3.8, 4) is 0 Å². The van der Waals surface area contributed by atoms with Crippen molar-refractivity contribution in [1.29, 1.82) is 0 Å². The molecule has 0 atom stereocenters. The molecule has 48 valence electrons. The molecule has 0 radical (unpaired) electrons. The van der Waals surface area contributed by atoms with E-state index in [1.807, 2.05) is 0 Å². The van der Waals surface area contributed by atoms with Crippen molar-refractivity contribution in [2.24, 2.45) is 0 Å². The van der Waals surface area contributed by atoms with E-state index >= 15 is 0 Å². The molecule has 8 heavy (non-hydrogen) atoms. The predicted molar refractivity (Wildman–Crippen MR) is 27.3 cm³/mol. The smallest absolute Gasteiger partial charge is 0.319 e. The molecule has 0 aliphatic rings.